The van der Waals surface area contributed by atoms with Gasteiger partial charge in [0.2, 0.25) is 5.91 Å². The largest absolute Gasteiger partial charge is 0.314 e. The van der Waals surface area contributed by atoms with Crippen molar-refractivity contribution in [3.8, 4) is 0 Å². The SMILES string of the molecule is CCCn1c(=NC(=O)CCS(=O)(=O)c2ccccc2)sc2cc(F)cc(F)c21. The van der Waals surface area contributed by atoms with Crippen LogP contribution in [0.1, 0.15) is 19.8 Å². The predicted molar refractivity (Wildman–Crippen MR) is 104 cm³/mol. The van der Waals surface area contributed by atoms with Gasteiger partial charge in [0.05, 0.1) is 20.9 Å². The fourth-order valence-corrected chi connectivity index (χ4v) is 5.14. The zero-order valence-electron chi connectivity index (χ0n) is 15.1. The minimum absolute atomic E-state index is 0.142. The van der Waals surface area contributed by atoms with Crippen molar-refractivity contribution in [3.05, 3.63) is 58.9 Å². The third kappa shape index (κ3) is 4.36. The van der Waals surface area contributed by atoms with Crippen LogP contribution in [0.4, 0.5) is 8.78 Å². The minimum atomic E-state index is -3.60. The molecule has 1 heterocycles. The number of aromatic nitrogens is 1. The van der Waals surface area contributed by atoms with Crippen molar-refractivity contribution in [1.82, 2.24) is 4.57 Å². The molecule has 0 spiro atoms. The average Bonchev–Trinajstić information content (AvgIpc) is 2.98. The molecule has 0 radical (unpaired) electrons. The molecule has 3 aromatic rings. The molecule has 2 aromatic carbocycles. The van der Waals surface area contributed by atoms with E-state index in [2.05, 4.69) is 4.99 Å². The van der Waals surface area contributed by atoms with E-state index in [1.165, 1.54) is 22.8 Å². The summed E-state index contributed by atoms with van der Waals surface area (Å²) in [6.45, 7) is 2.28. The average molecular weight is 424 g/mol. The van der Waals surface area contributed by atoms with Crippen LogP contribution in [0.5, 0.6) is 0 Å². The molecular formula is C19H18F2N2O3S2. The Bertz CT molecular complexity index is 1180. The fourth-order valence-electron chi connectivity index (χ4n) is 2.78. The predicted octanol–water partition coefficient (Wildman–Crippen LogP) is 3.68. The third-order valence-corrected chi connectivity index (χ3v) is 6.81. The highest BCUT2D eigenvalue weighted by atomic mass is 32.2. The van der Waals surface area contributed by atoms with Gasteiger partial charge in [-0.3, -0.25) is 4.79 Å². The van der Waals surface area contributed by atoms with Gasteiger partial charge in [-0.2, -0.15) is 4.99 Å². The normalized spacial score (nSPS) is 12.6. The molecule has 0 unspecified atom stereocenters. The number of sulfone groups is 1. The van der Waals surface area contributed by atoms with Crippen LogP contribution in [0.3, 0.4) is 0 Å². The molecule has 5 nitrogen and oxygen atoms in total. The van der Waals surface area contributed by atoms with Crippen molar-refractivity contribution < 1.29 is 22.0 Å². The van der Waals surface area contributed by atoms with Crippen molar-refractivity contribution in [2.24, 2.45) is 4.99 Å². The summed E-state index contributed by atoms with van der Waals surface area (Å²) in [4.78, 5) is 16.6. The Morgan fingerprint density at radius 1 is 1.18 bits per heavy atom. The summed E-state index contributed by atoms with van der Waals surface area (Å²) in [7, 11) is -3.60. The van der Waals surface area contributed by atoms with E-state index in [4.69, 9.17) is 0 Å². The lowest BCUT2D eigenvalue weighted by Gasteiger charge is -2.04. The molecule has 0 saturated heterocycles. The Balaban J connectivity index is 1.90. The first kappa shape index (κ1) is 20.3. The van der Waals surface area contributed by atoms with E-state index in [9.17, 15) is 22.0 Å². The first-order chi connectivity index (χ1) is 13.3. The summed E-state index contributed by atoms with van der Waals surface area (Å²) in [6, 6.07) is 9.84. The van der Waals surface area contributed by atoms with Gasteiger partial charge in [-0.15, -0.1) is 0 Å². The molecule has 0 N–H and O–H groups in total. The summed E-state index contributed by atoms with van der Waals surface area (Å²) in [5.74, 6) is -2.43. The standard InChI is InChI=1S/C19H18F2N2O3S2/c1-2-9-23-18-15(21)11-13(20)12-16(18)27-19(23)22-17(24)8-10-28(25,26)14-6-4-3-5-7-14/h3-7,11-12H,2,8-10H2,1H3. The number of carbonyl (C=O) groups is 1. The first-order valence-corrected chi connectivity index (χ1v) is 11.1. The molecule has 3 rings (SSSR count). The number of thiazole rings is 1. The Morgan fingerprint density at radius 3 is 2.57 bits per heavy atom. The van der Waals surface area contributed by atoms with Gasteiger partial charge in [0.1, 0.15) is 5.82 Å². The van der Waals surface area contributed by atoms with Gasteiger partial charge in [-0.1, -0.05) is 36.5 Å². The molecule has 0 aliphatic heterocycles. The van der Waals surface area contributed by atoms with Gasteiger partial charge >= 0.3 is 0 Å². The van der Waals surface area contributed by atoms with E-state index in [-0.39, 0.29) is 27.4 Å². The number of fused-ring (bicyclic) bond motifs is 1. The molecule has 28 heavy (non-hydrogen) atoms. The van der Waals surface area contributed by atoms with E-state index in [0.29, 0.717) is 17.7 Å². The molecule has 0 bridgehead atoms. The molecule has 1 amide bonds. The van der Waals surface area contributed by atoms with Crippen LogP contribution in [0.2, 0.25) is 0 Å². The molecule has 148 valence electrons. The molecule has 0 atom stereocenters. The number of rotatable bonds is 6. The maximum Gasteiger partial charge on any atom is 0.249 e. The monoisotopic (exact) mass is 424 g/mol. The summed E-state index contributed by atoms with van der Waals surface area (Å²) in [5.41, 5.74) is 0.191. The summed E-state index contributed by atoms with van der Waals surface area (Å²) in [5, 5.41) is 0. The lowest BCUT2D eigenvalue weighted by atomic mass is 10.3. The summed E-state index contributed by atoms with van der Waals surface area (Å²) in [6.07, 6.45) is 0.362. The Morgan fingerprint density at radius 2 is 1.89 bits per heavy atom. The Kier molecular flexibility index (Phi) is 6.04. The van der Waals surface area contributed by atoms with Crippen LogP contribution in [-0.2, 0) is 21.2 Å². The molecule has 9 heteroatoms. The summed E-state index contributed by atoms with van der Waals surface area (Å²) < 4.78 is 54.2. The quantitative estimate of drug-likeness (QED) is 0.606. The summed E-state index contributed by atoms with van der Waals surface area (Å²) >= 11 is 0.996. The number of benzene rings is 2. The van der Waals surface area contributed by atoms with Gasteiger partial charge in [-0.05, 0) is 24.6 Å². The highest BCUT2D eigenvalue weighted by Crippen LogP contribution is 2.22. The second-order valence-electron chi connectivity index (χ2n) is 6.16. The Labute approximate surface area is 164 Å². The van der Waals surface area contributed by atoms with Crippen molar-refractivity contribution >= 4 is 37.3 Å². The lowest BCUT2D eigenvalue weighted by Crippen LogP contribution is -2.18. The van der Waals surface area contributed by atoms with E-state index in [0.717, 1.165) is 17.4 Å². The number of nitrogens with zero attached hydrogens (tertiary/aromatic N) is 2. The number of aryl methyl sites for hydroxylation is 1. The van der Waals surface area contributed by atoms with Gasteiger partial charge in [0.25, 0.3) is 0 Å². The second kappa shape index (κ2) is 8.32. The number of hydrogen-bond acceptors (Lipinski definition) is 4. The van der Waals surface area contributed by atoms with E-state index in [1.807, 2.05) is 6.92 Å². The molecule has 1 aromatic heterocycles. The minimum Gasteiger partial charge on any atom is -0.314 e. The number of hydrogen-bond donors (Lipinski definition) is 0. The van der Waals surface area contributed by atoms with Gasteiger partial charge in [-0.25, -0.2) is 17.2 Å². The van der Waals surface area contributed by atoms with Crippen LogP contribution in [0, 0.1) is 11.6 Å². The Hall–Kier alpha value is -2.39. The number of halogens is 2. The second-order valence-corrected chi connectivity index (χ2v) is 9.28. The zero-order valence-corrected chi connectivity index (χ0v) is 16.7. The van der Waals surface area contributed by atoms with Crippen LogP contribution in [-0.4, -0.2) is 24.6 Å². The smallest absolute Gasteiger partial charge is 0.249 e. The number of carbonyl (C=O) groups excluding carboxylic acids is 1. The molecule has 0 aliphatic carbocycles. The molecule has 0 saturated carbocycles. The van der Waals surface area contributed by atoms with Crippen molar-refractivity contribution in [1.29, 1.82) is 0 Å². The van der Waals surface area contributed by atoms with Gasteiger partial charge in [0.15, 0.2) is 20.5 Å². The maximum atomic E-state index is 14.2. The van der Waals surface area contributed by atoms with Crippen molar-refractivity contribution in [2.75, 3.05) is 5.75 Å². The van der Waals surface area contributed by atoms with E-state index >= 15 is 0 Å². The van der Waals surface area contributed by atoms with Gasteiger partial charge in [0, 0.05) is 19.0 Å². The van der Waals surface area contributed by atoms with E-state index < -0.39 is 27.4 Å². The lowest BCUT2D eigenvalue weighted by molar-refractivity contribution is -0.117. The number of amides is 1. The van der Waals surface area contributed by atoms with Crippen LogP contribution in [0.25, 0.3) is 10.2 Å². The van der Waals surface area contributed by atoms with Crippen molar-refractivity contribution in [2.45, 2.75) is 31.2 Å². The van der Waals surface area contributed by atoms with Gasteiger partial charge < -0.3 is 4.57 Å². The van der Waals surface area contributed by atoms with Crippen molar-refractivity contribution in [3.63, 3.8) is 0 Å². The van der Waals surface area contributed by atoms with Crippen LogP contribution >= 0.6 is 11.3 Å². The van der Waals surface area contributed by atoms with E-state index in [1.54, 1.807) is 18.2 Å². The maximum absolute atomic E-state index is 14.2. The molecule has 0 fully saturated rings. The zero-order chi connectivity index (χ0) is 20.3. The van der Waals surface area contributed by atoms with Crippen LogP contribution in [0.15, 0.2) is 52.4 Å². The topological polar surface area (TPSA) is 68.5 Å². The van der Waals surface area contributed by atoms with Crippen LogP contribution < -0.4 is 4.80 Å². The fraction of sp³-hybridized carbons (Fsp3) is 0.263. The molecular weight excluding hydrogens is 406 g/mol. The highest BCUT2D eigenvalue weighted by molar-refractivity contribution is 7.91. The first-order valence-electron chi connectivity index (χ1n) is 8.65. The molecule has 0 aliphatic rings. The highest BCUT2D eigenvalue weighted by Gasteiger charge is 2.17. The third-order valence-electron chi connectivity index (χ3n) is 4.05.